The van der Waals surface area contributed by atoms with Crippen molar-refractivity contribution in [3.63, 3.8) is 0 Å². The van der Waals surface area contributed by atoms with E-state index in [2.05, 4.69) is 16.0 Å². The van der Waals surface area contributed by atoms with Gasteiger partial charge < -0.3 is 16.0 Å². The van der Waals surface area contributed by atoms with Crippen molar-refractivity contribution in [1.82, 2.24) is 16.0 Å². The van der Waals surface area contributed by atoms with E-state index in [0.717, 1.165) is 19.0 Å². The van der Waals surface area contributed by atoms with Gasteiger partial charge in [0.2, 0.25) is 0 Å². The number of hydrogen-bond acceptors (Lipinski definition) is 2. The Morgan fingerprint density at radius 1 is 1.50 bits per heavy atom. The second-order valence-electron chi connectivity index (χ2n) is 4.32. The molecular formula is C10H19N3O. The Balaban J connectivity index is 1.77. The highest BCUT2D eigenvalue weighted by Crippen LogP contribution is 2.43. The first-order chi connectivity index (χ1) is 6.77. The van der Waals surface area contributed by atoms with E-state index < -0.39 is 0 Å². The Morgan fingerprint density at radius 3 is 2.93 bits per heavy atom. The highest BCUT2D eigenvalue weighted by molar-refractivity contribution is 5.73. The van der Waals surface area contributed by atoms with Crippen LogP contribution in [0.5, 0.6) is 0 Å². The Bertz CT molecular complexity index is 231. The van der Waals surface area contributed by atoms with Gasteiger partial charge in [0.05, 0.1) is 0 Å². The van der Waals surface area contributed by atoms with Crippen LogP contribution >= 0.6 is 0 Å². The molecule has 0 radical (unpaired) electrons. The Morgan fingerprint density at radius 2 is 2.36 bits per heavy atom. The van der Waals surface area contributed by atoms with Gasteiger partial charge in [-0.1, -0.05) is 0 Å². The molecule has 1 aliphatic carbocycles. The first-order valence-corrected chi connectivity index (χ1v) is 5.53. The van der Waals surface area contributed by atoms with E-state index in [-0.39, 0.29) is 11.6 Å². The molecule has 3 N–H and O–H groups in total. The molecule has 0 aromatic heterocycles. The molecule has 0 aromatic rings. The van der Waals surface area contributed by atoms with E-state index in [9.17, 15) is 4.79 Å². The lowest BCUT2D eigenvalue weighted by atomic mass is 9.68. The Kier molecular flexibility index (Phi) is 2.63. The van der Waals surface area contributed by atoms with E-state index in [1.807, 2.05) is 6.92 Å². The fourth-order valence-corrected chi connectivity index (χ4v) is 2.60. The summed E-state index contributed by atoms with van der Waals surface area (Å²) in [6, 6.07) is -0.0405. The number of rotatable bonds is 3. The lowest BCUT2D eigenvalue weighted by Gasteiger charge is -2.45. The number of fused-ring (bicyclic) bond motifs is 1. The molecule has 0 aromatic carbocycles. The molecular weight excluding hydrogens is 178 g/mol. The predicted octanol–water partition coefficient (Wildman–Crippen LogP) is 0.448. The number of carbonyl (C=O) groups excluding carboxylic acids is 1. The standard InChI is InChI=1S/C10H19N3O/c1-2-11-9(14)12-7-10-5-3-8(10)4-6-13-10/h8,13H,2-7H2,1H3,(H2,11,12,14). The summed E-state index contributed by atoms with van der Waals surface area (Å²) in [7, 11) is 0. The van der Waals surface area contributed by atoms with Crippen LogP contribution in [0.3, 0.4) is 0 Å². The molecule has 2 unspecified atom stereocenters. The fourth-order valence-electron chi connectivity index (χ4n) is 2.60. The maximum atomic E-state index is 11.2. The van der Waals surface area contributed by atoms with Crippen molar-refractivity contribution in [1.29, 1.82) is 0 Å². The van der Waals surface area contributed by atoms with Crippen LogP contribution in [0.2, 0.25) is 0 Å². The fraction of sp³-hybridized carbons (Fsp3) is 0.900. The number of hydrogen-bond donors (Lipinski definition) is 3. The van der Waals surface area contributed by atoms with E-state index in [0.29, 0.717) is 6.54 Å². The zero-order valence-electron chi connectivity index (χ0n) is 8.73. The normalized spacial score (nSPS) is 34.5. The van der Waals surface area contributed by atoms with Gasteiger partial charge in [0.25, 0.3) is 0 Å². The van der Waals surface area contributed by atoms with Crippen LogP contribution in [0.15, 0.2) is 0 Å². The van der Waals surface area contributed by atoms with Crippen LogP contribution in [0, 0.1) is 5.92 Å². The monoisotopic (exact) mass is 197 g/mol. The number of amides is 2. The molecule has 2 rings (SSSR count). The van der Waals surface area contributed by atoms with Crippen LogP contribution in [-0.2, 0) is 0 Å². The van der Waals surface area contributed by atoms with Crippen molar-refractivity contribution in [2.45, 2.75) is 31.7 Å². The van der Waals surface area contributed by atoms with Crippen molar-refractivity contribution in [2.24, 2.45) is 5.92 Å². The molecule has 0 spiro atoms. The predicted molar refractivity (Wildman–Crippen MR) is 55.2 cm³/mol. The summed E-state index contributed by atoms with van der Waals surface area (Å²) in [4.78, 5) is 11.2. The van der Waals surface area contributed by atoms with Crippen LogP contribution in [-0.4, -0.2) is 31.2 Å². The average molecular weight is 197 g/mol. The largest absolute Gasteiger partial charge is 0.338 e. The summed E-state index contributed by atoms with van der Waals surface area (Å²) in [5.41, 5.74) is 0.241. The minimum Gasteiger partial charge on any atom is -0.338 e. The van der Waals surface area contributed by atoms with Gasteiger partial charge in [0, 0.05) is 18.6 Å². The SMILES string of the molecule is CCNC(=O)NCC12CCC1CCN2. The number of urea groups is 1. The molecule has 80 valence electrons. The smallest absolute Gasteiger partial charge is 0.314 e. The summed E-state index contributed by atoms with van der Waals surface area (Å²) in [6.07, 6.45) is 3.81. The molecule has 2 atom stereocenters. The van der Waals surface area contributed by atoms with E-state index in [1.54, 1.807) is 0 Å². The lowest BCUT2D eigenvalue weighted by molar-refractivity contribution is 0.135. The average Bonchev–Trinajstić information content (AvgIpc) is 2.41. The van der Waals surface area contributed by atoms with Gasteiger partial charge >= 0.3 is 6.03 Å². The molecule has 2 amide bonds. The molecule has 2 fully saturated rings. The summed E-state index contributed by atoms with van der Waals surface area (Å²) in [5.74, 6) is 0.796. The van der Waals surface area contributed by atoms with Gasteiger partial charge in [-0.3, -0.25) is 0 Å². The second kappa shape index (κ2) is 3.77. The van der Waals surface area contributed by atoms with E-state index in [1.165, 1.54) is 19.3 Å². The quantitative estimate of drug-likeness (QED) is 0.615. The van der Waals surface area contributed by atoms with Gasteiger partial charge in [-0.05, 0) is 38.6 Å². The molecule has 1 saturated carbocycles. The molecule has 4 heteroatoms. The van der Waals surface area contributed by atoms with Crippen molar-refractivity contribution in [3.05, 3.63) is 0 Å². The first-order valence-electron chi connectivity index (χ1n) is 5.53. The topological polar surface area (TPSA) is 53.2 Å². The van der Waals surface area contributed by atoms with Crippen molar-refractivity contribution >= 4 is 6.03 Å². The van der Waals surface area contributed by atoms with Gasteiger partial charge in [-0.25, -0.2) is 4.79 Å². The van der Waals surface area contributed by atoms with Crippen LogP contribution in [0.25, 0.3) is 0 Å². The second-order valence-corrected chi connectivity index (χ2v) is 4.32. The Hall–Kier alpha value is -0.770. The maximum Gasteiger partial charge on any atom is 0.314 e. The summed E-state index contributed by atoms with van der Waals surface area (Å²) in [6.45, 7) is 4.51. The molecule has 1 aliphatic heterocycles. The highest BCUT2D eigenvalue weighted by atomic mass is 16.2. The van der Waals surface area contributed by atoms with Crippen LogP contribution in [0.1, 0.15) is 26.2 Å². The highest BCUT2D eigenvalue weighted by Gasteiger charge is 2.49. The maximum absolute atomic E-state index is 11.2. The zero-order chi connectivity index (χ0) is 10.0. The molecule has 4 nitrogen and oxygen atoms in total. The van der Waals surface area contributed by atoms with Gasteiger partial charge in [-0.15, -0.1) is 0 Å². The van der Waals surface area contributed by atoms with Crippen molar-refractivity contribution in [2.75, 3.05) is 19.6 Å². The van der Waals surface area contributed by atoms with Gasteiger partial charge in [0.15, 0.2) is 0 Å². The number of nitrogens with one attached hydrogen (secondary N) is 3. The minimum atomic E-state index is -0.0405. The third-order valence-corrected chi connectivity index (χ3v) is 3.59. The van der Waals surface area contributed by atoms with E-state index in [4.69, 9.17) is 0 Å². The van der Waals surface area contributed by atoms with Gasteiger partial charge in [0.1, 0.15) is 0 Å². The molecule has 1 saturated heterocycles. The summed E-state index contributed by atoms with van der Waals surface area (Å²) in [5, 5.41) is 9.21. The molecule has 1 heterocycles. The molecule has 2 aliphatic rings. The van der Waals surface area contributed by atoms with Crippen molar-refractivity contribution in [3.8, 4) is 0 Å². The third-order valence-electron chi connectivity index (χ3n) is 3.59. The molecule has 0 bridgehead atoms. The first kappa shape index (κ1) is 9.77. The van der Waals surface area contributed by atoms with Crippen LogP contribution in [0.4, 0.5) is 4.79 Å². The van der Waals surface area contributed by atoms with E-state index >= 15 is 0 Å². The van der Waals surface area contributed by atoms with Gasteiger partial charge in [-0.2, -0.15) is 0 Å². The summed E-state index contributed by atoms with van der Waals surface area (Å²) < 4.78 is 0. The lowest BCUT2D eigenvalue weighted by Crippen LogP contribution is -2.60. The molecule has 14 heavy (non-hydrogen) atoms. The van der Waals surface area contributed by atoms with Crippen molar-refractivity contribution < 1.29 is 4.79 Å². The Labute approximate surface area is 84.8 Å². The third kappa shape index (κ3) is 1.59. The number of carbonyl (C=O) groups is 1. The summed E-state index contributed by atoms with van der Waals surface area (Å²) >= 11 is 0. The minimum absolute atomic E-state index is 0.0405. The van der Waals surface area contributed by atoms with Crippen LogP contribution < -0.4 is 16.0 Å². The zero-order valence-corrected chi connectivity index (χ0v) is 8.73.